The molecule has 33 heavy (non-hydrogen) atoms. The lowest BCUT2D eigenvalue weighted by molar-refractivity contribution is -0.136. The van der Waals surface area contributed by atoms with Crippen LogP contribution in [-0.4, -0.2) is 37.1 Å². The van der Waals surface area contributed by atoms with E-state index in [1.807, 2.05) is 24.3 Å². The lowest BCUT2D eigenvalue weighted by Gasteiger charge is -2.29. The third-order valence-electron chi connectivity index (χ3n) is 6.02. The molecule has 0 bridgehead atoms. The summed E-state index contributed by atoms with van der Waals surface area (Å²) in [6.45, 7) is 6.62. The summed E-state index contributed by atoms with van der Waals surface area (Å²) in [6, 6.07) is 6.88. The Hall–Kier alpha value is -2.56. The quantitative estimate of drug-likeness (QED) is 0.605. The van der Waals surface area contributed by atoms with Crippen LogP contribution in [0.15, 0.2) is 29.6 Å². The maximum atomic E-state index is 12.8. The number of carbonyl (C=O) groups excluding carboxylic acids is 3. The van der Waals surface area contributed by atoms with Crippen molar-refractivity contribution >= 4 is 39.1 Å². The lowest BCUT2D eigenvalue weighted by atomic mass is 9.87. The van der Waals surface area contributed by atoms with Crippen LogP contribution in [0.5, 0.6) is 0 Å². The second-order valence-electron chi connectivity index (χ2n) is 9.48. The van der Waals surface area contributed by atoms with Gasteiger partial charge < -0.3 is 4.90 Å². The number of hydrogen-bond donors (Lipinski definition) is 2. The number of thiophene rings is 1. The van der Waals surface area contributed by atoms with E-state index in [0.29, 0.717) is 17.5 Å². The molecule has 0 spiro atoms. The van der Waals surface area contributed by atoms with Crippen LogP contribution in [0.2, 0.25) is 0 Å². The Morgan fingerprint density at radius 1 is 1.15 bits per heavy atom. The fraction of sp³-hybridized carbons (Fsp3) is 0.435. The maximum absolute atomic E-state index is 12.8. The highest BCUT2D eigenvalue weighted by atomic mass is 32.2. The van der Waals surface area contributed by atoms with Gasteiger partial charge in [0.1, 0.15) is 6.04 Å². The predicted molar refractivity (Wildman–Crippen MR) is 125 cm³/mol. The van der Waals surface area contributed by atoms with Crippen LogP contribution < -0.4 is 10.0 Å². The first-order valence-electron chi connectivity index (χ1n) is 10.8. The summed E-state index contributed by atoms with van der Waals surface area (Å²) in [5.74, 6) is -1.19. The van der Waals surface area contributed by atoms with Gasteiger partial charge in [-0.25, -0.2) is 13.1 Å². The van der Waals surface area contributed by atoms with Gasteiger partial charge in [0.2, 0.25) is 21.8 Å². The molecule has 1 atom stereocenters. The normalized spacial score (nSPS) is 19.1. The Labute approximate surface area is 197 Å². The lowest BCUT2D eigenvalue weighted by Crippen LogP contribution is -2.52. The molecule has 2 aliphatic heterocycles. The summed E-state index contributed by atoms with van der Waals surface area (Å²) < 4.78 is 28.0. The minimum atomic E-state index is -3.58. The van der Waals surface area contributed by atoms with E-state index in [2.05, 4.69) is 30.8 Å². The van der Waals surface area contributed by atoms with Crippen LogP contribution in [0.4, 0.5) is 0 Å². The van der Waals surface area contributed by atoms with Crippen LogP contribution in [0.25, 0.3) is 0 Å². The SMILES string of the molecule is CC(C)(C)c1ccc(CS(=O)(=O)NCc2scc3c2CN(C2CCC(=O)NC2=O)C3=O)cc1. The number of imide groups is 1. The number of amides is 3. The van der Waals surface area contributed by atoms with Crippen LogP contribution in [-0.2, 0) is 43.9 Å². The molecule has 10 heteroatoms. The van der Waals surface area contributed by atoms with Crippen molar-refractivity contribution in [1.29, 1.82) is 0 Å². The Kier molecular flexibility index (Phi) is 6.19. The molecule has 1 saturated heterocycles. The Morgan fingerprint density at radius 2 is 1.85 bits per heavy atom. The zero-order valence-corrected chi connectivity index (χ0v) is 20.4. The molecule has 2 aliphatic rings. The van der Waals surface area contributed by atoms with Crippen LogP contribution in [0.1, 0.15) is 65.5 Å². The largest absolute Gasteiger partial charge is 0.322 e. The molecular weight excluding hydrogens is 462 g/mol. The van der Waals surface area contributed by atoms with Crippen molar-refractivity contribution in [2.45, 2.75) is 63.9 Å². The van der Waals surface area contributed by atoms with Crippen molar-refractivity contribution in [3.63, 3.8) is 0 Å². The monoisotopic (exact) mass is 489 g/mol. The molecule has 1 aromatic heterocycles. The number of benzene rings is 1. The van der Waals surface area contributed by atoms with Gasteiger partial charge in [0.25, 0.3) is 5.91 Å². The summed E-state index contributed by atoms with van der Waals surface area (Å²) in [4.78, 5) is 38.6. The van der Waals surface area contributed by atoms with E-state index in [-0.39, 0.29) is 42.5 Å². The first-order valence-corrected chi connectivity index (χ1v) is 13.3. The number of sulfonamides is 1. The van der Waals surface area contributed by atoms with E-state index < -0.39 is 22.0 Å². The van der Waals surface area contributed by atoms with Gasteiger partial charge in [-0.1, -0.05) is 45.0 Å². The molecule has 1 fully saturated rings. The summed E-state index contributed by atoms with van der Waals surface area (Å²) >= 11 is 1.33. The third kappa shape index (κ3) is 5.02. The molecule has 8 nitrogen and oxygen atoms in total. The smallest absolute Gasteiger partial charge is 0.256 e. The van der Waals surface area contributed by atoms with Gasteiger partial charge in [0.05, 0.1) is 11.3 Å². The van der Waals surface area contributed by atoms with Crippen LogP contribution >= 0.6 is 11.3 Å². The zero-order valence-electron chi connectivity index (χ0n) is 18.8. The molecule has 0 aliphatic carbocycles. The van der Waals surface area contributed by atoms with E-state index in [4.69, 9.17) is 0 Å². The highest BCUT2D eigenvalue weighted by molar-refractivity contribution is 7.88. The van der Waals surface area contributed by atoms with Crippen molar-refractivity contribution in [3.05, 3.63) is 56.8 Å². The fourth-order valence-electron chi connectivity index (χ4n) is 4.10. The standard InChI is InChI=1S/C23H27N3O5S2/c1-23(2,3)15-6-4-14(5-7-15)13-33(30,31)24-10-19-16-11-26(22(29)17(16)12-32-19)18-8-9-20(27)25-21(18)28/h4-7,12,18,24H,8-11,13H2,1-3H3,(H,25,27,28). The average molecular weight is 490 g/mol. The number of hydrogen-bond acceptors (Lipinski definition) is 6. The van der Waals surface area contributed by atoms with Gasteiger partial charge in [-0.05, 0) is 28.5 Å². The summed E-state index contributed by atoms with van der Waals surface area (Å²) in [5, 5.41) is 3.99. The number of carbonyl (C=O) groups is 3. The predicted octanol–water partition coefficient (Wildman–Crippen LogP) is 2.43. The van der Waals surface area contributed by atoms with Gasteiger partial charge >= 0.3 is 0 Å². The van der Waals surface area contributed by atoms with Crippen LogP contribution in [0.3, 0.4) is 0 Å². The Morgan fingerprint density at radius 3 is 2.48 bits per heavy atom. The third-order valence-corrected chi connectivity index (χ3v) is 8.34. The van der Waals surface area contributed by atoms with E-state index in [1.54, 1.807) is 5.38 Å². The molecule has 0 saturated carbocycles. The van der Waals surface area contributed by atoms with E-state index in [0.717, 1.165) is 16.0 Å². The molecule has 2 aromatic rings. The number of nitrogens with zero attached hydrogens (tertiary/aromatic N) is 1. The number of piperidine rings is 1. The minimum absolute atomic E-state index is 0.00560. The fourth-order valence-corrected chi connectivity index (χ4v) is 6.26. The molecular formula is C23H27N3O5S2. The molecule has 176 valence electrons. The van der Waals surface area contributed by atoms with Gasteiger partial charge in [-0.2, -0.15) is 0 Å². The second kappa shape index (κ2) is 8.66. The van der Waals surface area contributed by atoms with Gasteiger partial charge in [-0.3, -0.25) is 19.7 Å². The molecule has 0 radical (unpaired) electrons. The first kappa shape index (κ1) is 23.6. The first-order chi connectivity index (χ1) is 15.4. The number of nitrogens with one attached hydrogen (secondary N) is 2. The maximum Gasteiger partial charge on any atom is 0.256 e. The minimum Gasteiger partial charge on any atom is -0.322 e. The van der Waals surface area contributed by atoms with Crippen molar-refractivity contribution in [3.8, 4) is 0 Å². The highest BCUT2D eigenvalue weighted by Crippen LogP contribution is 2.34. The number of rotatable bonds is 6. The van der Waals surface area contributed by atoms with E-state index in [9.17, 15) is 22.8 Å². The molecule has 4 rings (SSSR count). The summed E-state index contributed by atoms with van der Waals surface area (Å²) in [6.07, 6.45) is 0.483. The van der Waals surface area contributed by atoms with Crippen molar-refractivity contribution < 1.29 is 22.8 Å². The molecule has 1 aromatic carbocycles. The average Bonchev–Trinajstić information content (AvgIpc) is 3.26. The Bertz CT molecular complexity index is 1210. The molecule has 2 N–H and O–H groups in total. The Balaban J connectivity index is 1.41. The highest BCUT2D eigenvalue weighted by Gasteiger charge is 2.40. The second-order valence-corrected chi connectivity index (χ2v) is 12.2. The van der Waals surface area contributed by atoms with E-state index >= 15 is 0 Å². The van der Waals surface area contributed by atoms with Gasteiger partial charge in [0, 0.05) is 29.8 Å². The zero-order chi connectivity index (χ0) is 24.0. The van der Waals surface area contributed by atoms with Gasteiger partial charge in [-0.15, -0.1) is 11.3 Å². The van der Waals surface area contributed by atoms with Gasteiger partial charge in [0.15, 0.2) is 0 Å². The van der Waals surface area contributed by atoms with Crippen molar-refractivity contribution in [1.82, 2.24) is 14.9 Å². The van der Waals surface area contributed by atoms with Crippen molar-refractivity contribution in [2.24, 2.45) is 0 Å². The molecule has 1 unspecified atom stereocenters. The van der Waals surface area contributed by atoms with E-state index in [1.165, 1.54) is 16.2 Å². The van der Waals surface area contributed by atoms with Crippen LogP contribution in [0, 0.1) is 0 Å². The topological polar surface area (TPSA) is 113 Å². The summed E-state index contributed by atoms with van der Waals surface area (Å²) in [7, 11) is -3.58. The van der Waals surface area contributed by atoms with Crippen molar-refractivity contribution in [2.75, 3.05) is 0 Å². The summed E-state index contributed by atoms with van der Waals surface area (Å²) in [5.41, 5.74) is 3.07. The molecule has 3 heterocycles. The number of fused-ring (bicyclic) bond motifs is 1. The molecule has 3 amide bonds.